The largest absolute Gasteiger partial charge is 0.496 e. The summed E-state index contributed by atoms with van der Waals surface area (Å²) in [7, 11) is 1.36. The van der Waals surface area contributed by atoms with Crippen molar-refractivity contribution in [3.05, 3.63) is 98.5 Å². The van der Waals surface area contributed by atoms with E-state index in [0.29, 0.717) is 12.0 Å². The number of aliphatic hydroxyl groups excluding tert-OH is 1. The molecule has 1 fully saturated rings. The quantitative estimate of drug-likeness (QED) is 0.269. The standard InChI is InChI=1S/C34H32Cl2F2N2O4/c1-33(2,3)17-29-34(19-39,24-13-11-21(35)16-26(24)37)30(23-8-5-9-25(36)31(23)38)27(18-41)40(29)14-6-7-20-10-12-22(32(42)43)28(15-20)44-4/h5,8-13,15-16,27,29-30,41H,14,17-18H2,1-4H3,(H,42,43)/t27-,29-,30-,34-/m0/s1. The van der Waals surface area contributed by atoms with E-state index in [1.54, 1.807) is 12.1 Å². The summed E-state index contributed by atoms with van der Waals surface area (Å²) in [6.45, 7) is 5.48. The summed E-state index contributed by atoms with van der Waals surface area (Å²) in [5, 5.41) is 31.3. The molecule has 1 aliphatic heterocycles. The summed E-state index contributed by atoms with van der Waals surface area (Å²) >= 11 is 12.3. The van der Waals surface area contributed by atoms with Crippen LogP contribution in [0.2, 0.25) is 10.0 Å². The Morgan fingerprint density at radius 2 is 1.86 bits per heavy atom. The molecule has 3 aromatic carbocycles. The van der Waals surface area contributed by atoms with Gasteiger partial charge in [-0.1, -0.05) is 74.0 Å². The third-order valence-electron chi connectivity index (χ3n) is 8.02. The highest BCUT2D eigenvalue weighted by atomic mass is 35.5. The van der Waals surface area contributed by atoms with E-state index in [0.717, 1.165) is 6.07 Å². The van der Waals surface area contributed by atoms with Gasteiger partial charge in [0.25, 0.3) is 0 Å². The molecule has 0 spiro atoms. The molecule has 0 unspecified atom stereocenters. The van der Waals surface area contributed by atoms with Crippen LogP contribution in [-0.2, 0) is 5.41 Å². The smallest absolute Gasteiger partial charge is 0.339 e. The fourth-order valence-electron chi connectivity index (χ4n) is 6.26. The molecule has 1 aliphatic rings. The fraction of sp³-hybridized carbons (Fsp3) is 0.353. The first-order valence-electron chi connectivity index (χ1n) is 13.9. The van der Waals surface area contributed by atoms with Crippen LogP contribution < -0.4 is 4.74 Å². The lowest BCUT2D eigenvalue weighted by Crippen LogP contribution is -2.46. The van der Waals surface area contributed by atoms with Crippen molar-refractivity contribution in [2.45, 2.75) is 50.6 Å². The second-order valence-corrected chi connectivity index (χ2v) is 12.8. The lowest BCUT2D eigenvalue weighted by molar-refractivity contribution is 0.0693. The van der Waals surface area contributed by atoms with Gasteiger partial charge in [-0.25, -0.2) is 13.6 Å². The first kappa shape index (κ1) is 33.2. The van der Waals surface area contributed by atoms with Crippen LogP contribution in [0.5, 0.6) is 5.75 Å². The summed E-state index contributed by atoms with van der Waals surface area (Å²) in [4.78, 5) is 13.3. The van der Waals surface area contributed by atoms with Crippen molar-refractivity contribution in [2.75, 3.05) is 20.3 Å². The molecule has 0 aliphatic carbocycles. The molecule has 44 heavy (non-hydrogen) atoms. The van der Waals surface area contributed by atoms with Crippen molar-refractivity contribution in [3.8, 4) is 23.7 Å². The molecule has 0 aromatic heterocycles. The highest BCUT2D eigenvalue weighted by Crippen LogP contribution is 2.56. The van der Waals surface area contributed by atoms with Gasteiger partial charge in [-0.3, -0.25) is 4.90 Å². The molecule has 0 saturated carbocycles. The van der Waals surface area contributed by atoms with Crippen molar-refractivity contribution < 1.29 is 28.5 Å². The average Bonchev–Trinajstić information content (AvgIpc) is 3.21. The number of aromatic carboxylic acids is 1. The van der Waals surface area contributed by atoms with E-state index < -0.39 is 47.6 Å². The van der Waals surface area contributed by atoms with E-state index >= 15 is 8.78 Å². The fourth-order valence-corrected chi connectivity index (χ4v) is 6.60. The van der Waals surface area contributed by atoms with Gasteiger partial charge in [0.15, 0.2) is 0 Å². The summed E-state index contributed by atoms with van der Waals surface area (Å²) in [6.07, 6.45) is 0.362. The number of aliphatic hydroxyl groups is 1. The van der Waals surface area contributed by atoms with Crippen LogP contribution in [0.15, 0.2) is 54.6 Å². The molecule has 0 radical (unpaired) electrons. The molecule has 10 heteroatoms. The zero-order valence-electron chi connectivity index (χ0n) is 24.7. The number of carboxylic acids is 1. The highest BCUT2D eigenvalue weighted by Gasteiger charge is 2.62. The Kier molecular flexibility index (Phi) is 9.93. The summed E-state index contributed by atoms with van der Waals surface area (Å²) in [6, 6.07) is 13.8. The number of rotatable bonds is 7. The summed E-state index contributed by atoms with van der Waals surface area (Å²) in [5.41, 5.74) is -1.50. The number of carboxylic acid groups (broad SMARTS) is 1. The zero-order valence-corrected chi connectivity index (χ0v) is 26.2. The molecule has 3 aromatic rings. The number of likely N-dealkylation sites (tertiary alicyclic amines) is 1. The predicted octanol–water partition coefficient (Wildman–Crippen LogP) is 7.06. The number of halogens is 4. The maximum absolute atomic E-state index is 15.9. The highest BCUT2D eigenvalue weighted by molar-refractivity contribution is 6.31. The van der Waals surface area contributed by atoms with Gasteiger partial charge in [0.2, 0.25) is 0 Å². The first-order chi connectivity index (χ1) is 20.8. The van der Waals surface area contributed by atoms with Crippen molar-refractivity contribution in [1.82, 2.24) is 4.90 Å². The van der Waals surface area contributed by atoms with E-state index in [9.17, 15) is 20.3 Å². The summed E-state index contributed by atoms with van der Waals surface area (Å²) < 4.78 is 36.9. The second kappa shape index (κ2) is 13.1. The minimum atomic E-state index is -1.69. The van der Waals surface area contributed by atoms with Crippen molar-refractivity contribution in [2.24, 2.45) is 5.41 Å². The van der Waals surface area contributed by atoms with Gasteiger partial charge < -0.3 is 14.9 Å². The molecule has 2 N–H and O–H groups in total. The zero-order chi connectivity index (χ0) is 32.4. The minimum absolute atomic E-state index is 0.0154. The maximum atomic E-state index is 15.9. The molecular weight excluding hydrogens is 609 g/mol. The second-order valence-electron chi connectivity index (χ2n) is 12.0. The topological polar surface area (TPSA) is 93.8 Å². The van der Waals surface area contributed by atoms with Crippen LogP contribution in [0, 0.1) is 40.2 Å². The number of carbonyl (C=O) groups is 1. The molecule has 0 amide bonds. The Bertz CT molecular complexity index is 1670. The van der Waals surface area contributed by atoms with Crippen LogP contribution in [0.4, 0.5) is 8.78 Å². The van der Waals surface area contributed by atoms with E-state index in [1.807, 2.05) is 25.7 Å². The first-order valence-corrected chi connectivity index (χ1v) is 14.6. The van der Waals surface area contributed by atoms with Crippen LogP contribution in [0.1, 0.15) is 60.2 Å². The molecule has 1 heterocycles. The van der Waals surface area contributed by atoms with Crippen molar-refractivity contribution in [3.63, 3.8) is 0 Å². The van der Waals surface area contributed by atoms with Gasteiger partial charge in [-0.2, -0.15) is 5.26 Å². The van der Waals surface area contributed by atoms with Gasteiger partial charge in [-0.15, -0.1) is 0 Å². The van der Waals surface area contributed by atoms with E-state index in [4.69, 9.17) is 27.9 Å². The van der Waals surface area contributed by atoms with Crippen LogP contribution in [-0.4, -0.2) is 53.4 Å². The Balaban J connectivity index is 1.95. The Morgan fingerprint density at radius 3 is 2.45 bits per heavy atom. The molecule has 4 atom stereocenters. The van der Waals surface area contributed by atoms with Crippen LogP contribution in [0.3, 0.4) is 0 Å². The van der Waals surface area contributed by atoms with E-state index in [1.165, 1.54) is 43.5 Å². The Hall–Kier alpha value is -3.66. The van der Waals surface area contributed by atoms with Gasteiger partial charge in [0, 0.05) is 34.2 Å². The normalized spacial score (nSPS) is 21.8. The number of ether oxygens (including phenoxy) is 1. The predicted molar refractivity (Wildman–Crippen MR) is 165 cm³/mol. The molecule has 4 rings (SSSR count). The lowest BCUT2D eigenvalue weighted by atomic mass is 9.62. The van der Waals surface area contributed by atoms with Crippen molar-refractivity contribution >= 4 is 29.2 Å². The van der Waals surface area contributed by atoms with E-state index in [-0.39, 0.29) is 44.4 Å². The van der Waals surface area contributed by atoms with Gasteiger partial charge >= 0.3 is 5.97 Å². The SMILES string of the molecule is COc1cc(C#CCN2[C@@H](CC(C)(C)C)[C@](C#N)(c3ccc(Cl)cc3F)[C@@H](c3cccc(Cl)c3F)[C@@H]2CO)ccc1C(=O)O. The molecule has 1 saturated heterocycles. The van der Waals surface area contributed by atoms with Crippen molar-refractivity contribution in [1.29, 1.82) is 5.26 Å². The molecule has 0 bridgehead atoms. The molecule has 230 valence electrons. The Morgan fingerprint density at radius 1 is 1.14 bits per heavy atom. The third kappa shape index (κ3) is 6.27. The maximum Gasteiger partial charge on any atom is 0.339 e. The minimum Gasteiger partial charge on any atom is -0.496 e. The lowest BCUT2D eigenvalue weighted by Gasteiger charge is -2.39. The number of hydrogen-bond acceptors (Lipinski definition) is 5. The summed E-state index contributed by atoms with van der Waals surface area (Å²) in [5.74, 6) is 2.56. The number of nitriles is 1. The van der Waals surface area contributed by atoms with E-state index in [2.05, 4.69) is 17.9 Å². The monoisotopic (exact) mass is 640 g/mol. The molecule has 6 nitrogen and oxygen atoms in total. The number of nitrogens with zero attached hydrogens (tertiary/aromatic N) is 2. The van der Waals surface area contributed by atoms with Gasteiger partial charge in [0.05, 0.1) is 31.4 Å². The molecular formula is C34H32Cl2F2N2O4. The van der Waals surface area contributed by atoms with Crippen LogP contribution >= 0.6 is 23.2 Å². The number of hydrogen-bond donors (Lipinski definition) is 2. The third-order valence-corrected chi connectivity index (χ3v) is 8.55. The van der Waals surface area contributed by atoms with Gasteiger partial charge in [0.1, 0.15) is 28.4 Å². The average molecular weight is 642 g/mol. The van der Waals surface area contributed by atoms with Gasteiger partial charge in [-0.05, 0) is 53.8 Å². The van der Waals surface area contributed by atoms with Crippen LogP contribution in [0.25, 0.3) is 0 Å². The Labute approximate surface area is 265 Å². The number of benzene rings is 3. The number of methoxy groups -OCH3 is 1.